The first-order valence-electron chi connectivity index (χ1n) is 7.48. The second-order valence-corrected chi connectivity index (χ2v) is 8.26. The van der Waals surface area contributed by atoms with E-state index in [0.29, 0.717) is 0 Å². The Morgan fingerprint density at radius 3 is 3.04 bits per heavy atom. The van der Waals surface area contributed by atoms with E-state index in [2.05, 4.69) is 36.2 Å². The van der Waals surface area contributed by atoms with Gasteiger partial charge in [-0.15, -0.1) is 11.3 Å². The van der Waals surface area contributed by atoms with Gasteiger partial charge in [0.15, 0.2) is 0 Å². The molecule has 2 N–H and O–H groups in total. The zero-order valence-corrected chi connectivity index (χ0v) is 14.8. The number of carbonyl (C=O) groups is 1. The molecule has 5 nitrogen and oxygen atoms in total. The van der Waals surface area contributed by atoms with Gasteiger partial charge in [0.2, 0.25) is 5.91 Å². The number of aromatic amines is 1. The Hall–Kier alpha value is -1.73. The van der Waals surface area contributed by atoms with Crippen molar-refractivity contribution in [2.24, 2.45) is 5.92 Å². The number of hydrogen-bond acceptors (Lipinski definition) is 4. The normalized spacial score (nSPS) is 21.3. The van der Waals surface area contributed by atoms with Crippen molar-refractivity contribution < 1.29 is 4.79 Å². The number of halogens is 1. The highest BCUT2D eigenvalue weighted by Gasteiger charge is 2.46. The summed E-state index contributed by atoms with van der Waals surface area (Å²) in [7, 11) is 0. The molecule has 4 rings (SSSR count). The maximum Gasteiger partial charge on any atom is 0.224 e. The van der Waals surface area contributed by atoms with Crippen molar-refractivity contribution >= 4 is 44.2 Å². The van der Waals surface area contributed by atoms with E-state index in [1.165, 1.54) is 0 Å². The van der Waals surface area contributed by atoms with Gasteiger partial charge < -0.3 is 10.3 Å². The molecule has 1 fully saturated rings. The predicted molar refractivity (Wildman–Crippen MR) is 93.3 cm³/mol. The fraction of sp³-hybridized carbons (Fsp3) is 0.312. The highest BCUT2D eigenvalue weighted by molar-refractivity contribution is 9.11. The standard InChI is InChI=1S/C16H15BrN4OS/c1-8(16-18-7-13(17)23-16)19-15(22)10-6-9(10)14-20-11-4-2-3-5-12(11)21-14/h2-5,7-10H,6H2,1H3,(H,19,22)(H,20,21)/t8-,9-,10-/m1/s1. The van der Waals surface area contributed by atoms with Crippen LogP contribution in [0.15, 0.2) is 34.2 Å². The third kappa shape index (κ3) is 2.90. The summed E-state index contributed by atoms with van der Waals surface area (Å²) in [6.07, 6.45) is 2.61. The fourth-order valence-electron chi connectivity index (χ4n) is 2.78. The minimum atomic E-state index is -0.0734. The lowest BCUT2D eigenvalue weighted by Crippen LogP contribution is -2.28. The van der Waals surface area contributed by atoms with Crippen molar-refractivity contribution in [3.63, 3.8) is 0 Å². The predicted octanol–water partition coefficient (Wildman–Crippen LogP) is 3.76. The first kappa shape index (κ1) is 14.8. The van der Waals surface area contributed by atoms with Crippen LogP contribution in [0.2, 0.25) is 0 Å². The van der Waals surface area contributed by atoms with Crippen LogP contribution in [0, 0.1) is 5.92 Å². The van der Waals surface area contributed by atoms with Crippen LogP contribution < -0.4 is 5.32 Å². The summed E-state index contributed by atoms with van der Waals surface area (Å²) in [6.45, 7) is 1.96. The summed E-state index contributed by atoms with van der Waals surface area (Å²) in [5.41, 5.74) is 1.98. The van der Waals surface area contributed by atoms with Gasteiger partial charge in [-0.1, -0.05) is 12.1 Å². The topological polar surface area (TPSA) is 70.7 Å². The van der Waals surface area contributed by atoms with Crippen LogP contribution in [0.25, 0.3) is 11.0 Å². The van der Waals surface area contributed by atoms with Gasteiger partial charge in [-0.3, -0.25) is 4.79 Å². The van der Waals surface area contributed by atoms with Crippen LogP contribution in [-0.4, -0.2) is 20.9 Å². The molecule has 2 heterocycles. The molecule has 0 unspecified atom stereocenters. The number of benzene rings is 1. The molecule has 118 valence electrons. The molecular weight excluding hydrogens is 376 g/mol. The molecule has 1 aromatic carbocycles. The van der Waals surface area contributed by atoms with E-state index in [1.807, 2.05) is 31.2 Å². The molecule has 1 aliphatic carbocycles. The molecule has 0 saturated heterocycles. The van der Waals surface area contributed by atoms with E-state index in [-0.39, 0.29) is 23.8 Å². The van der Waals surface area contributed by atoms with Crippen molar-refractivity contribution in [3.8, 4) is 0 Å². The van der Waals surface area contributed by atoms with Crippen LogP contribution in [-0.2, 0) is 4.79 Å². The van der Waals surface area contributed by atoms with E-state index < -0.39 is 0 Å². The van der Waals surface area contributed by atoms with Crippen LogP contribution in [0.4, 0.5) is 0 Å². The van der Waals surface area contributed by atoms with Gasteiger partial charge in [-0.05, 0) is 41.4 Å². The third-order valence-corrected chi connectivity index (χ3v) is 5.77. The number of nitrogens with one attached hydrogen (secondary N) is 2. The SMILES string of the molecule is C[C@@H](NC(=O)[C@@H]1C[C@H]1c1nc2ccccc2[nH]1)c1ncc(Br)s1. The van der Waals surface area contributed by atoms with E-state index in [1.54, 1.807) is 17.5 Å². The molecule has 0 spiro atoms. The van der Waals surface area contributed by atoms with Crippen LogP contribution in [0.5, 0.6) is 0 Å². The highest BCUT2D eigenvalue weighted by atomic mass is 79.9. The molecule has 3 aromatic rings. The lowest BCUT2D eigenvalue weighted by molar-refractivity contribution is -0.123. The molecule has 0 bridgehead atoms. The first-order valence-corrected chi connectivity index (χ1v) is 9.09. The summed E-state index contributed by atoms with van der Waals surface area (Å²) in [5.74, 6) is 1.18. The van der Waals surface area contributed by atoms with Crippen molar-refractivity contribution in [1.82, 2.24) is 20.3 Å². The van der Waals surface area contributed by atoms with Crippen LogP contribution in [0.1, 0.15) is 36.1 Å². The number of fused-ring (bicyclic) bond motifs is 1. The number of aromatic nitrogens is 3. The van der Waals surface area contributed by atoms with Gasteiger partial charge in [0, 0.05) is 11.8 Å². The smallest absolute Gasteiger partial charge is 0.224 e. The summed E-state index contributed by atoms with van der Waals surface area (Å²) in [5, 5.41) is 3.96. The van der Waals surface area contributed by atoms with Crippen LogP contribution in [0.3, 0.4) is 0 Å². The number of imidazole rings is 1. The second kappa shape index (κ2) is 5.72. The number of H-pyrrole nitrogens is 1. The van der Waals surface area contributed by atoms with Crippen LogP contribution >= 0.6 is 27.3 Å². The molecule has 3 atom stereocenters. The number of carbonyl (C=O) groups excluding carboxylic acids is 1. The van der Waals surface area contributed by atoms with E-state index in [4.69, 9.17) is 0 Å². The molecule has 0 aliphatic heterocycles. The molecule has 1 amide bonds. The Bertz CT molecular complexity index is 841. The monoisotopic (exact) mass is 390 g/mol. The zero-order valence-electron chi connectivity index (χ0n) is 12.4. The van der Waals surface area contributed by atoms with Crippen molar-refractivity contribution in [3.05, 3.63) is 45.1 Å². The molecular formula is C16H15BrN4OS. The molecule has 2 aromatic heterocycles. The highest BCUT2D eigenvalue weighted by Crippen LogP contribution is 2.47. The summed E-state index contributed by atoms with van der Waals surface area (Å²) < 4.78 is 0.972. The third-order valence-electron chi connectivity index (χ3n) is 4.11. The van der Waals surface area contributed by atoms with E-state index in [9.17, 15) is 4.79 Å². The van der Waals surface area contributed by atoms with Gasteiger partial charge in [0.1, 0.15) is 10.8 Å². The molecule has 7 heteroatoms. The van der Waals surface area contributed by atoms with Gasteiger partial charge in [0.05, 0.1) is 27.1 Å². The minimum absolute atomic E-state index is 0.00131. The first-order chi connectivity index (χ1) is 11.1. The largest absolute Gasteiger partial charge is 0.347 e. The number of rotatable bonds is 4. The summed E-state index contributed by atoms with van der Waals surface area (Å²) >= 11 is 4.94. The number of amides is 1. The fourth-order valence-corrected chi connectivity index (χ4v) is 4.03. The maximum atomic E-state index is 12.4. The molecule has 0 radical (unpaired) electrons. The quantitative estimate of drug-likeness (QED) is 0.712. The van der Waals surface area contributed by atoms with Gasteiger partial charge in [-0.2, -0.15) is 0 Å². The molecule has 1 aliphatic rings. The zero-order chi connectivity index (χ0) is 16.0. The lowest BCUT2D eigenvalue weighted by atomic mass is 10.2. The second-order valence-electron chi connectivity index (χ2n) is 5.82. The number of para-hydroxylation sites is 2. The Balaban J connectivity index is 1.43. The van der Waals surface area contributed by atoms with E-state index >= 15 is 0 Å². The Morgan fingerprint density at radius 2 is 2.30 bits per heavy atom. The van der Waals surface area contributed by atoms with Crippen molar-refractivity contribution in [2.75, 3.05) is 0 Å². The van der Waals surface area contributed by atoms with E-state index in [0.717, 1.165) is 32.1 Å². The molecule has 1 saturated carbocycles. The van der Waals surface area contributed by atoms with Gasteiger partial charge in [-0.25, -0.2) is 9.97 Å². The number of hydrogen-bond donors (Lipinski definition) is 2. The minimum Gasteiger partial charge on any atom is -0.347 e. The Labute approximate surface area is 145 Å². The lowest BCUT2D eigenvalue weighted by Gasteiger charge is -2.10. The Kier molecular flexibility index (Phi) is 3.69. The summed E-state index contributed by atoms with van der Waals surface area (Å²) in [6, 6.07) is 7.87. The average Bonchev–Trinajstić information content (AvgIpc) is 3.03. The molecule has 23 heavy (non-hydrogen) atoms. The number of thiazole rings is 1. The Morgan fingerprint density at radius 1 is 1.48 bits per heavy atom. The summed E-state index contributed by atoms with van der Waals surface area (Å²) in [4.78, 5) is 24.6. The number of nitrogens with zero attached hydrogens (tertiary/aromatic N) is 2. The van der Waals surface area contributed by atoms with Crippen molar-refractivity contribution in [2.45, 2.75) is 25.3 Å². The average molecular weight is 391 g/mol. The van der Waals surface area contributed by atoms with Gasteiger partial charge >= 0.3 is 0 Å². The van der Waals surface area contributed by atoms with Gasteiger partial charge in [0.25, 0.3) is 0 Å². The maximum absolute atomic E-state index is 12.4. The van der Waals surface area contributed by atoms with Crippen molar-refractivity contribution in [1.29, 1.82) is 0 Å².